The number of likely N-dealkylation sites (N-methyl/N-ethyl adjacent to an activating group) is 1. The van der Waals surface area contributed by atoms with E-state index < -0.39 is 6.10 Å². The second-order valence-corrected chi connectivity index (χ2v) is 5.51. The van der Waals surface area contributed by atoms with E-state index in [9.17, 15) is 9.50 Å². The zero-order chi connectivity index (χ0) is 13.7. The zero-order valence-electron chi connectivity index (χ0n) is 10.9. The van der Waals surface area contributed by atoms with Crippen molar-refractivity contribution in [1.82, 2.24) is 4.90 Å². The minimum Gasteiger partial charge on any atom is -0.387 e. The largest absolute Gasteiger partial charge is 0.387 e. The first-order valence-corrected chi connectivity index (χ1v) is 7.25. The van der Waals surface area contributed by atoms with Gasteiger partial charge in [-0.3, -0.25) is 4.90 Å². The zero-order valence-corrected chi connectivity index (χ0v) is 11.7. The third-order valence-electron chi connectivity index (χ3n) is 3.09. The molecule has 102 valence electrons. The molecule has 0 bridgehead atoms. The summed E-state index contributed by atoms with van der Waals surface area (Å²) in [7, 11) is 0. The van der Waals surface area contributed by atoms with Gasteiger partial charge in [0, 0.05) is 18.0 Å². The highest BCUT2D eigenvalue weighted by Gasteiger charge is 2.13. The van der Waals surface area contributed by atoms with Gasteiger partial charge in [-0.25, -0.2) is 4.39 Å². The van der Waals surface area contributed by atoms with Crippen LogP contribution in [0.3, 0.4) is 0 Å². The SMILES string of the molecule is CCN(Cc1cccs1)CC(O)c1ccc(F)cc1. The van der Waals surface area contributed by atoms with Crippen molar-refractivity contribution in [2.45, 2.75) is 19.6 Å². The Bertz CT molecular complexity index is 483. The number of hydrogen-bond acceptors (Lipinski definition) is 3. The molecule has 1 N–H and O–H groups in total. The van der Waals surface area contributed by atoms with E-state index in [1.54, 1.807) is 23.5 Å². The van der Waals surface area contributed by atoms with Gasteiger partial charge < -0.3 is 5.11 Å². The van der Waals surface area contributed by atoms with E-state index in [0.717, 1.165) is 18.7 Å². The molecule has 0 amide bonds. The summed E-state index contributed by atoms with van der Waals surface area (Å²) in [6, 6.07) is 10.2. The van der Waals surface area contributed by atoms with E-state index in [-0.39, 0.29) is 5.82 Å². The maximum Gasteiger partial charge on any atom is 0.123 e. The highest BCUT2D eigenvalue weighted by molar-refractivity contribution is 7.09. The lowest BCUT2D eigenvalue weighted by atomic mass is 10.1. The quantitative estimate of drug-likeness (QED) is 0.875. The first-order chi connectivity index (χ1) is 9.19. The first kappa shape index (κ1) is 14.2. The Labute approximate surface area is 117 Å². The maximum atomic E-state index is 12.8. The summed E-state index contributed by atoms with van der Waals surface area (Å²) in [6.45, 7) is 4.34. The van der Waals surface area contributed by atoms with Crippen molar-refractivity contribution >= 4 is 11.3 Å². The van der Waals surface area contributed by atoms with Crippen molar-refractivity contribution in [2.24, 2.45) is 0 Å². The van der Waals surface area contributed by atoms with Gasteiger partial charge in [-0.1, -0.05) is 25.1 Å². The lowest BCUT2D eigenvalue weighted by Crippen LogP contribution is -2.27. The van der Waals surface area contributed by atoms with Crippen LogP contribution in [0.4, 0.5) is 4.39 Å². The van der Waals surface area contributed by atoms with Gasteiger partial charge in [0.05, 0.1) is 6.10 Å². The molecule has 1 aromatic carbocycles. The number of aliphatic hydroxyl groups excluding tert-OH is 1. The van der Waals surface area contributed by atoms with E-state index in [1.165, 1.54) is 17.0 Å². The van der Waals surface area contributed by atoms with Crippen molar-refractivity contribution < 1.29 is 9.50 Å². The predicted molar refractivity (Wildman–Crippen MR) is 76.6 cm³/mol. The summed E-state index contributed by atoms with van der Waals surface area (Å²) in [5.74, 6) is -0.276. The maximum absolute atomic E-state index is 12.8. The molecule has 0 radical (unpaired) electrons. The molecule has 1 aromatic heterocycles. The van der Waals surface area contributed by atoms with Crippen LogP contribution < -0.4 is 0 Å². The average Bonchev–Trinajstić information content (AvgIpc) is 2.91. The highest BCUT2D eigenvalue weighted by Crippen LogP contribution is 2.17. The predicted octanol–water partition coefficient (Wildman–Crippen LogP) is 3.44. The van der Waals surface area contributed by atoms with Crippen molar-refractivity contribution in [2.75, 3.05) is 13.1 Å². The van der Waals surface area contributed by atoms with Gasteiger partial charge in [-0.05, 0) is 35.7 Å². The van der Waals surface area contributed by atoms with Gasteiger partial charge in [-0.15, -0.1) is 11.3 Å². The number of rotatable bonds is 6. The molecule has 0 aliphatic heterocycles. The van der Waals surface area contributed by atoms with E-state index in [0.29, 0.717) is 6.54 Å². The van der Waals surface area contributed by atoms with Gasteiger partial charge in [0.1, 0.15) is 5.82 Å². The summed E-state index contributed by atoms with van der Waals surface area (Å²) >= 11 is 1.72. The van der Waals surface area contributed by atoms with Crippen LogP contribution in [0.2, 0.25) is 0 Å². The van der Waals surface area contributed by atoms with Crippen LogP contribution in [0.15, 0.2) is 41.8 Å². The molecule has 1 unspecified atom stereocenters. The van der Waals surface area contributed by atoms with Crippen LogP contribution in [-0.2, 0) is 6.54 Å². The molecule has 0 saturated heterocycles. The summed E-state index contributed by atoms with van der Waals surface area (Å²) in [6.07, 6.45) is -0.583. The average molecular weight is 279 g/mol. The van der Waals surface area contributed by atoms with Crippen molar-refractivity contribution in [3.63, 3.8) is 0 Å². The highest BCUT2D eigenvalue weighted by atomic mass is 32.1. The Morgan fingerprint density at radius 1 is 1.26 bits per heavy atom. The van der Waals surface area contributed by atoms with Crippen LogP contribution in [0.5, 0.6) is 0 Å². The summed E-state index contributed by atoms with van der Waals surface area (Å²) in [4.78, 5) is 3.47. The molecule has 4 heteroatoms. The minimum absolute atomic E-state index is 0.276. The third-order valence-corrected chi connectivity index (χ3v) is 3.95. The monoisotopic (exact) mass is 279 g/mol. The molecule has 2 aromatic rings. The second-order valence-electron chi connectivity index (χ2n) is 4.47. The fourth-order valence-corrected chi connectivity index (χ4v) is 2.71. The van der Waals surface area contributed by atoms with Crippen LogP contribution in [0.1, 0.15) is 23.5 Å². The van der Waals surface area contributed by atoms with Gasteiger partial charge in [-0.2, -0.15) is 0 Å². The standard InChI is InChI=1S/C15H18FNOS/c1-2-17(10-14-4-3-9-19-14)11-15(18)12-5-7-13(16)8-6-12/h3-9,15,18H,2,10-11H2,1H3. The Hall–Kier alpha value is -1.23. The van der Waals surface area contributed by atoms with Crippen LogP contribution in [0, 0.1) is 5.82 Å². The molecular weight excluding hydrogens is 261 g/mol. The first-order valence-electron chi connectivity index (χ1n) is 6.37. The number of benzene rings is 1. The lowest BCUT2D eigenvalue weighted by molar-refractivity contribution is 0.113. The molecule has 1 heterocycles. The normalized spacial score (nSPS) is 12.8. The van der Waals surface area contributed by atoms with Crippen LogP contribution >= 0.6 is 11.3 Å². The second kappa shape index (κ2) is 6.80. The molecule has 2 rings (SSSR count). The van der Waals surface area contributed by atoms with Crippen molar-refractivity contribution in [3.05, 3.63) is 58.0 Å². The molecule has 1 atom stereocenters. The lowest BCUT2D eigenvalue weighted by Gasteiger charge is -2.23. The van der Waals surface area contributed by atoms with Gasteiger partial charge in [0.25, 0.3) is 0 Å². The van der Waals surface area contributed by atoms with Gasteiger partial charge >= 0.3 is 0 Å². The van der Waals surface area contributed by atoms with Crippen molar-refractivity contribution in [1.29, 1.82) is 0 Å². The molecule has 0 saturated carbocycles. The molecule has 19 heavy (non-hydrogen) atoms. The molecular formula is C15H18FNOS. The molecule has 0 aliphatic rings. The number of thiophene rings is 1. The van der Waals surface area contributed by atoms with Gasteiger partial charge in [0.15, 0.2) is 0 Å². The number of nitrogens with zero attached hydrogens (tertiary/aromatic N) is 1. The summed E-state index contributed by atoms with van der Waals surface area (Å²) in [5.41, 5.74) is 0.756. The third kappa shape index (κ3) is 4.13. The number of halogens is 1. The Balaban J connectivity index is 1.95. The van der Waals surface area contributed by atoms with E-state index >= 15 is 0 Å². The van der Waals surface area contributed by atoms with Crippen LogP contribution in [0.25, 0.3) is 0 Å². The van der Waals surface area contributed by atoms with Crippen LogP contribution in [-0.4, -0.2) is 23.1 Å². The number of aliphatic hydroxyl groups is 1. The molecule has 2 nitrogen and oxygen atoms in total. The van der Waals surface area contributed by atoms with E-state index in [4.69, 9.17) is 0 Å². The van der Waals surface area contributed by atoms with E-state index in [1.807, 2.05) is 6.07 Å². The molecule has 0 aliphatic carbocycles. The minimum atomic E-state index is -0.583. The topological polar surface area (TPSA) is 23.5 Å². The number of hydrogen-bond donors (Lipinski definition) is 1. The van der Waals surface area contributed by atoms with E-state index in [2.05, 4.69) is 23.3 Å². The Kier molecular flexibility index (Phi) is 5.07. The summed E-state index contributed by atoms with van der Waals surface area (Å²) < 4.78 is 12.8. The summed E-state index contributed by atoms with van der Waals surface area (Å²) in [5, 5.41) is 12.2. The van der Waals surface area contributed by atoms with Gasteiger partial charge in [0.2, 0.25) is 0 Å². The Morgan fingerprint density at radius 2 is 2.00 bits per heavy atom. The van der Waals surface area contributed by atoms with Crippen molar-refractivity contribution in [3.8, 4) is 0 Å². The fourth-order valence-electron chi connectivity index (χ4n) is 1.96. The smallest absolute Gasteiger partial charge is 0.123 e. The Morgan fingerprint density at radius 3 is 2.58 bits per heavy atom. The molecule has 0 fully saturated rings. The molecule has 0 spiro atoms. The fraction of sp³-hybridized carbons (Fsp3) is 0.333.